The van der Waals surface area contributed by atoms with Gasteiger partial charge in [0, 0.05) is 0 Å². The molecule has 0 aliphatic heterocycles. The Morgan fingerprint density at radius 1 is 0.739 bits per heavy atom. The minimum atomic E-state index is -0.584. The second-order valence-corrected chi connectivity index (χ2v) is 5.83. The molecule has 23 heavy (non-hydrogen) atoms. The van der Waals surface area contributed by atoms with Crippen LogP contribution in [0, 0.1) is 0 Å². The van der Waals surface area contributed by atoms with E-state index in [9.17, 15) is 9.59 Å². The summed E-state index contributed by atoms with van der Waals surface area (Å²) in [7, 11) is 0. The van der Waals surface area contributed by atoms with E-state index in [2.05, 4.69) is 17.0 Å². The maximum atomic E-state index is 11.3. The molecule has 0 aromatic carbocycles. The molecule has 1 N–H and O–H groups in total. The Morgan fingerprint density at radius 2 is 1.26 bits per heavy atom. The molecule has 0 radical (unpaired) electrons. The van der Waals surface area contributed by atoms with Crippen LogP contribution >= 0.6 is 0 Å². The quantitative estimate of drug-likeness (QED) is 0.352. The van der Waals surface area contributed by atoms with Gasteiger partial charge in [0.2, 0.25) is 0 Å². The number of nitrogens with one attached hydrogen (secondary N) is 1. The van der Waals surface area contributed by atoms with Gasteiger partial charge in [0.15, 0.2) is 0 Å². The van der Waals surface area contributed by atoms with Gasteiger partial charge < -0.3 is 14.8 Å². The van der Waals surface area contributed by atoms with Gasteiger partial charge in [-0.05, 0) is 13.3 Å². The number of carbonyl (C=O) groups excluding carboxylic acids is 2. The zero-order valence-corrected chi connectivity index (χ0v) is 15.0. The summed E-state index contributed by atoms with van der Waals surface area (Å²) in [6.07, 6.45) is 13.3. The Bertz CT molecular complexity index is 295. The molecule has 0 heterocycles. The first-order chi connectivity index (χ1) is 11.2. The summed E-state index contributed by atoms with van der Waals surface area (Å²) in [6, 6.07) is 0. The van der Waals surface area contributed by atoms with E-state index < -0.39 is 12.1 Å². The lowest BCUT2D eigenvalue weighted by molar-refractivity contribution is -0.142. The molecule has 0 aliphatic rings. The molecule has 0 saturated heterocycles. The topological polar surface area (TPSA) is 64.6 Å². The van der Waals surface area contributed by atoms with Gasteiger partial charge in [-0.1, -0.05) is 71.1 Å². The lowest BCUT2D eigenvalue weighted by Crippen LogP contribution is -2.31. The first kappa shape index (κ1) is 21.7. The number of esters is 1. The first-order valence-corrected chi connectivity index (χ1v) is 9.27. The standard InChI is InChI=1S/C18H35NO4/c1-3-5-6-7-8-9-10-11-12-13-14-15-23-17(20)16-19-18(21)22-4-2/h3-16H2,1-2H3,(H,19,21). The fraction of sp³-hybridized carbons (Fsp3) is 0.889. The highest BCUT2D eigenvalue weighted by Crippen LogP contribution is 2.11. The van der Waals surface area contributed by atoms with Crippen LogP contribution in [-0.4, -0.2) is 31.8 Å². The van der Waals surface area contributed by atoms with Crippen LogP contribution in [0.4, 0.5) is 4.79 Å². The number of unbranched alkanes of at least 4 members (excludes halogenated alkanes) is 10. The molecular formula is C18H35NO4. The average Bonchev–Trinajstić information content (AvgIpc) is 2.54. The molecule has 0 aromatic rings. The van der Waals surface area contributed by atoms with Crippen molar-refractivity contribution in [1.82, 2.24) is 5.32 Å². The van der Waals surface area contributed by atoms with Crippen molar-refractivity contribution in [2.24, 2.45) is 0 Å². The molecule has 0 unspecified atom stereocenters. The zero-order chi connectivity index (χ0) is 17.2. The van der Waals surface area contributed by atoms with Crippen molar-refractivity contribution in [1.29, 1.82) is 0 Å². The molecule has 0 fully saturated rings. The summed E-state index contributed by atoms with van der Waals surface area (Å²) >= 11 is 0. The highest BCUT2D eigenvalue weighted by Gasteiger charge is 2.06. The van der Waals surface area contributed by atoms with Gasteiger partial charge in [-0.15, -0.1) is 0 Å². The average molecular weight is 329 g/mol. The minimum Gasteiger partial charge on any atom is -0.464 e. The summed E-state index contributed by atoms with van der Waals surface area (Å²) < 4.78 is 9.70. The smallest absolute Gasteiger partial charge is 0.407 e. The molecule has 0 rings (SSSR count). The molecule has 5 nitrogen and oxygen atoms in total. The third kappa shape index (κ3) is 16.9. The third-order valence-electron chi connectivity index (χ3n) is 3.66. The Labute approximate surface area is 141 Å². The lowest BCUT2D eigenvalue weighted by atomic mass is 10.1. The Balaban J connectivity index is 3.20. The lowest BCUT2D eigenvalue weighted by Gasteiger charge is -2.06. The number of alkyl carbamates (subject to hydrolysis) is 1. The van der Waals surface area contributed by atoms with E-state index in [1.54, 1.807) is 6.92 Å². The van der Waals surface area contributed by atoms with Crippen molar-refractivity contribution in [3.63, 3.8) is 0 Å². The van der Waals surface area contributed by atoms with Crippen molar-refractivity contribution in [3.8, 4) is 0 Å². The van der Waals surface area contributed by atoms with E-state index in [1.807, 2.05) is 0 Å². The van der Waals surface area contributed by atoms with Crippen molar-refractivity contribution < 1.29 is 19.1 Å². The minimum absolute atomic E-state index is 0.128. The monoisotopic (exact) mass is 329 g/mol. The zero-order valence-electron chi connectivity index (χ0n) is 15.0. The van der Waals surface area contributed by atoms with E-state index in [0.29, 0.717) is 13.2 Å². The van der Waals surface area contributed by atoms with E-state index >= 15 is 0 Å². The van der Waals surface area contributed by atoms with E-state index in [-0.39, 0.29) is 6.54 Å². The molecule has 0 aromatic heterocycles. The van der Waals surface area contributed by atoms with Crippen LogP contribution in [0.5, 0.6) is 0 Å². The fourth-order valence-electron chi connectivity index (χ4n) is 2.33. The van der Waals surface area contributed by atoms with Gasteiger partial charge in [-0.3, -0.25) is 4.79 Å². The molecular weight excluding hydrogens is 294 g/mol. The predicted octanol–water partition coefficient (Wildman–Crippen LogP) is 4.59. The van der Waals surface area contributed by atoms with Crippen LogP contribution in [-0.2, 0) is 14.3 Å². The summed E-state index contributed by atoms with van der Waals surface area (Å²) in [5.74, 6) is -0.412. The van der Waals surface area contributed by atoms with Crippen molar-refractivity contribution in [2.75, 3.05) is 19.8 Å². The second-order valence-electron chi connectivity index (χ2n) is 5.83. The fourth-order valence-corrected chi connectivity index (χ4v) is 2.33. The normalized spacial score (nSPS) is 10.3. The molecule has 0 bridgehead atoms. The maximum Gasteiger partial charge on any atom is 0.407 e. The molecule has 5 heteroatoms. The van der Waals surface area contributed by atoms with Gasteiger partial charge in [-0.2, -0.15) is 0 Å². The maximum absolute atomic E-state index is 11.3. The third-order valence-corrected chi connectivity index (χ3v) is 3.66. The molecule has 0 spiro atoms. The summed E-state index contributed by atoms with van der Waals surface area (Å²) in [6.45, 7) is 4.55. The molecule has 1 amide bonds. The number of amides is 1. The summed E-state index contributed by atoms with van der Waals surface area (Å²) in [4.78, 5) is 22.3. The van der Waals surface area contributed by atoms with Crippen molar-refractivity contribution >= 4 is 12.1 Å². The highest BCUT2D eigenvalue weighted by molar-refractivity contribution is 5.77. The number of hydrogen-bond donors (Lipinski definition) is 1. The van der Waals surface area contributed by atoms with Crippen LogP contribution in [0.1, 0.15) is 84.5 Å². The van der Waals surface area contributed by atoms with Gasteiger partial charge >= 0.3 is 12.1 Å². The van der Waals surface area contributed by atoms with Gasteiger partial charge in [0.25, 0.3) is 0 Å². The number of carbonyl (C=O) groups is 2. The predicted molar refractivity (Wildman–Crippen MR) is 92.4 cm³/mol. The van der Waals surface area contributed by atoms with Crippen molar-refractivity contribution in [2.45, 2.75) is 84.5 Å². The number of rotatable bonds is 15. The second kappa shape index (κ2) is 17.1. The molecule has 136 valence electrons. The van der Waals surface area contributed by atoms with Crippen LogP contribution in [0.25, 0.3) is 0 Å². The van der Waals surface area contributed by atoms with Crippen LogP contribution in [0.3, 0.4) is 0 Å². The van der Waals surface area contributed by atoms with Gasteiger partial charge in [-0.25, -0.2) is 4.79 Å². The van der Waals surface area contributed by atoms with Gasteiger partial charge in [0.05, 0.1) is 13.2 Å². The van der Waals surface area contributed by atoms with Crippen LogP contribution in [0.2, 0.25) is 0 Å². The van der Waals surface area contributed by atoms with E-state index in [1.165, 1.54) is 57.8 Å². The highest BCUT2D eigenvalue weighted by atomic mass is 16.6. The molecule has 0 atom stereocenters. The Hall–Kier alpha value is -1.26. The van der Waals surface area contributed by atoms with Gasteiger partial charge in [0.1, 0.15) is 6.54 Å². The van der Waals surface area contributed by atoms with Crippen LogP contribution in [0.15, 0.2) is 0 Å². The largest absolute Gasteiger partial charge is 0.464 e. The number of ether oxygens (including phenoxy) is 2. The van der Waals surface area contributed by atoms with E-state index in [4.69, 9.17) is 4.74 Å². The Morgan fingerprint density at radius 3 is 1.78 bits per heavy atom. The van der Waals surface area contributed by atoms with E-state index in [0.717, 1.165) is 12.8 Å². The number of hydrogen-bond acceptors (Lipinski definition) is 4. The Kier molecular flexibility index (Phi) is 16.2. The molecule has 0 saturated carbocycles. The van der Waals surface area contributed by atoms with Crippen LogP contribution < -0.4 is 5.32 Å². The summed E-state index contributed by atoms with van der Waals surface area (Å²) in [5.41, 5.74) is 0. The SMILES string of the molecule is CCCCCCCCCCCCCOC(=O)CNC(=O)OCC. The first-order valence-electron chi connectivity index (χ1n) is 9.27. The summed E-state index contributed by atoms with van der Waals surface area (Å²) in [5, 5.41) is 2.34. The molecule has 0 aliphatic carbocycles. The van der Waals surface area contributed by atoms with Crippen molar-refractivity contribution in [3.05, 3.63) is 0 Å².